The van der Waals surface area contributed by atoms with Gasteiger partial charge in [0.05, 0.1) is 16.9 Å². The SMILES string of the molecule is CC(C)(O)c1ccc(F)c(S(=O)(=O)NC(=O)Nc2c3c(cc4c2CCC4)CCC3)c1.CC(C)(O)c1ccc(F)c(S(N)(=O)=O)c1.Nc1c2c(cc3c1CCC3)CCC2.O=C(OC(Cl)(Cl)Cl)OC(Cl)(Cl)Cl.O=C=Nc1c2c(cc3c1CCC3)CCC2. The third-order valence-electron chi connectivity index (χ3n) is 15.3. The van der Waals surface area contributed by atoms with Crippen molar-refractivity contribution in [3.05, 3.63) is 144 Å². The van der Waals surface area contributed by atoms with Gasteiger partial charge in [-0.25, -0.2) is 49.9 Å². The number of aryl methyl sites for hydroxylation is 6. The number of nitrogens with two attached hydrogens (primary N) is 2. The number of urea groups is 1. The van der Waals surface area contributed by atoms with Crippen molar-refractivity contribution in [1.82, 2.24) is 4.72 Å². The van der Waals surface area contributed by atoms with Crippen LogP contribution in [0.5, 0.6) is 0 Å². The second kappa shape index (κ2) is 27.3. The van der Waals surface area contributed by atoms with E-state index >= 15 is 0 Å². The normalized spacial score (nSPS) is 15.4. The minimum Gasteiger partial charge on any atom is -0.398 e. The van der Waals surface area contributed by atoms with Crippen molar-refractivity contribution < 1.29 is 59.7 Å². The molecule has 0 saturated carbocycles. The van der Waals surface area contributed by atoms with E-state index in [0.717, 1.165) is 111 Å². The first kappa shape index (κ1) is 67.7. The number of hydrogen-bond donors (Lipinski definition) is 6. The van der Waals surface area contributed by atoms with Crippen molar-refractivity contribution in [2.75, 3.05) is 11.1 Å². The third kappa shape index (κ3) is 17.7. The van der Waals surface area contributed by atoms with E-state index in [2.05, 4.69) is 38.0 Å². The topological polar surface area (TPSA) is 267 Å². The molecule has 5 aromatic carbocycles. The van der Waals surface area contributed by atoms with Gasteiger partial charge in [-0.2, -0.15) is 4.99 Å². The molecule has 0 fully saturated rings. The van der Waals surface area contributed by atoms with Crippen molar-refractivity contribution in [3.8, 4) is 0 Å². The highest BCUT2D eigenvalue weighted by molar-refractivity contribution is 7.90. The fourth-order valence-corrected chi connectivity index (χ4v) is 13.5. The summed E-state index contributed by atoms with van der Waals surface area (Å²) in [6.07, 6.45) is 20.4. The number of hydrogen-bond acceptors (Lipinski definition) is 13. The Bertz CT molecular complexity index is 3560. The number of benzene rings is 5. The van der Waals surface area contributed by atoms with Crippen LogP contribution in [0.2, 0.25) is 0 Å². The smallest absolute Gasteiger partial charge is 0.398 e. The Kier molecular flexibility index (Phi) is 21.7. The fraction of sp³-hybridized carbons (Fsp3) is 0.441. The highest BCUT2D eigenvalue weighted by Gasteiger charge is 2.34. The first-order valence-corrected chi connectivity index (χ1v) is 32.6. The van der Waals surface area contributed by atoms with Crippen LogP contribution >= 0.6 is 69.6 Å². The molecule has 0 aliphatic heterocycles. The molecule has 11 rings (SSSR count). The van der Waals surface area contributed by atoms with Gasteiger partial charge in [-0.05, 0) is 315 Å². The highest BCUT2D eigenvalue weighted by atomic mass is 35.6. The van der Waals surface area contributed by atoms with Gasteiger partial charge in [-0.1, -0.05) is 30.3 Å². The standard InChI is InChI=1S/C22H25FN2O4S.C13H13NO.C12H15N.C9H12FNO3S.C3Cl6O3/c1-22(2,27)15-9-10-18(23)19(12-15)30(28,29)25-21(26)24-20-16-7-3-5-13(16)11-14-6-4-8-17(14)20;15-8-14-13-11-5-1-3-9(11)7-10-4-2-6-12(10)13;13-12-10-5-1-3-8(10)7-9-4-2-6-11(9)12;1-9(2,12)6-3-4-7(10)8(5-6)15(11,13)14;4-2(5,6)11-1(10)12-3(7,8)9/h9-12,27H,3-8H2,1-2H3,(H2,24,25,26);7H,1-6H2;7H,1-6,13H2;3-5,12H,1-2H3,(H2,11,13,14);. The van der Waals surface area contributed by atoms with E-state index in [0.29, 0.717) is 5.69 Å². The number of amides is 2. The van der Waals surface area contributed by atoms with Crippen LogP contribution in [0.3, 0.4) is 0 Å². The van der Waals surface area contributed by atoms with Crippen LogP contribution in [-0.4, -0.2) is 53.3 Å². The van der Waals surface area contributed by atoms with E-state index in [1.165, 1.54) is 147 Å². The number of nitrogens with zero attached hydrogens (tertiary/aromatic N) is 1. The number of primary sulfonamides is 1. The van der Waals surface area contributed by atoms with E-state index in [9.17, 15) is 50.2 Å². The Morgan fingerprint density at radius 3 is 1.27 bits per heavy atom. The fourth-order valence-electron chi connectivity index (χ4n) is 11.5. The molecule has 8 N–H and O–H groups in total. The van der Waals surface area contributed by atoms with Crippen LogP contribution < -0.4 is 20.9 Å². The molecule has 85 heavy (non-hydrogen) atoms. The van der Waals surface area contributed by atoms with Crippen LogP contribution in [0.1, 0.15) is 144 Å². The van der Waals surface area contributed by atoms with Gasteiger partial charge < -0.3 is 30.7 Å². The molecule has 0 bridgehead atoms. The summed E-state index contributed by atoms with van der Waals surface area (Å²) < 4.78 is 80.2. The molecule has 26 heteroatoms. The number of halogens is 8. The lowest BCUT2D eigenvalue weighted by atomic mass is 9.99. The number of isocyanates is 1. The van der Waals surface area contributed by atoms with Gasteiger partial charge in [0.1, 0.15) is 21.4 Å². The molecule has 460 valence electrons. The second-order valence-electron chi connectivity index (χ2n) is 22.3. The number of nitrogen functional groups attached to an aromatic ring is 1. The molecule has 16 nitrogen and oxygen atoms in total. The van der Waals surface area contributed by atoms with Crippen molar-refractivity contribution in [2.24, 2.45) is 10.1 Å². The molecule has 0 atom stereocenters. The second-order valence-corrected chi connectivity index (χ2v) is 29.8. The van der Waals surface area contributed by atoms with E-state index < -0.39 is 72.8 Å². The number of nitrogens with one attached hydrogen (secondary N) is 2. The zero-order chi connectivity index (χ0) is 62.6. The number of ether oxygens (including phenoxy) is 2. The van der Waals surface area contributed by atoms with Gasteiger partial charge >= 0.3 is 20.1 Å². The number of alkyl halides is 6. The first-order valence-electron chi connectivity index (χ1n) is 27.3. The third-order valence-corrected chi connectivity index (χ3v) is 18.1. The zero-order valence-corrected chi connectivity index (χ0v) is 53.1. The lowest BCUT2D eigenvalue weighted by molar-refractivity contribution is 0.0508. The number of fused-ring (bicyclic) bond motifs is 6. The summed E-state index contributed by atoms with van der Waals surface area (Å²) in [6, 6.07) is 12.7. The predicted molar refractivity (Wildman–Crippen MR) is 326 cm³/mol. The molecule has 5 aromatic rings. The van der Waals surface area contributed by atoms with Crippen molar-refractivity contribution >= 4 is 125 Å². The van der Waals surface area contributed by atoms with Crippen LogP contribution in [0, 0.1) is 11.6 Å². The number of carbonyl (C=O) groups is 2. The molecule has 0 radical (unpaired) electrons. The zero-order valence-electron chi connectivity index (χ0n) is 46.9. The molecular weight excluding hydrogens is 1270 g/mol. The van der Waals surface area contributed by atoms with E-state index in [1.54, 1.807) is 6.08 Å². The van der Waals surface area contributed by atoms with Crippen LogP contribution in [0.25, 0.3) is 0 Å². The Labute approximate surface area is 523 Å². The highest BCUT2D eigenvalue weighted by Crippen LogP contribution is 2.42. The van der Waals surface area contributed by atoms with Crippen LogP contribution in [0.15, 0.2) is 69.4 Å². The summed E-state index contributed by atoms with van der Waals surface area (Å²) in [7, 11) is -8.57. The van der Waals surface area contributed by atoms with Crippen molar-refractivity contribution in [3.63, 3.8) is 0 Å². The van der Waals surface area contributed by atoms with Gasteiger partial charge in [0, 0.05) is 11.4 Å². The molecule has 0 saturated heterocycles. The maximum Gasteiger partial charge on any atom is 0.515 e. The Hall–Kier alpha value is -4.80. The summed E-state index contributed by atoms with van der Waals surface area (Å²) in [5.41, 5.74) is 23.0. The van der Waals surface area contributed by atoms with Crippen molar-refractivity contribution in [1.29, 1.82) is 0 Å². The van der Waals surface area contributed by atoms with Gasteiger partial charge in [-0.15, -0.1) is 0 Å². The number of carbonyl (C=O) groups excluding carboxylic acids is 3. The van der Waals surface area contributed by atoms with Crippen LogP contribution in [-0.2, 0) is 123 Å². The van der Waals surface area contributed by atoms with E-state index in [4.69, 9.17) is 80.5 Å². The van der Waals surface area contributed by atoms with Crippen molar-refractivity contribution in [2.45, 2.75) is 172 Å². The average molecular weight is 1340 g/mol. The summed E-state index contributed by atoms with van der Waals surface area (Å²) in [6.45, 7) is 5.86. The number of rotatable bonds is 7. The summed E-state index contributed by atoms with van der Waals surface area (Å²) in [5.74, 6) is -1.92. The molecule has 0 aromatic heterocycles. The van der Waals surface area contributed by atoms with Crippen LogP contribution in [0.4, 0.5) is 35.4 Å². The molecule has 6 aliphatic rings. The predicted octanol–water partition coefficient (Wildman–Crippen LogP) is 12.9. The molecule has 0 spiro atoms. The molecule has 0 heterocycles. The minimum atomic E-state index is -4.47. The maximum atomic E-state index is 14.3. The molecular formula is C59H65Cl6F2N5O11S2. The Morgan fingerprint density at radius 1 is 0.565 bits per heavy atom. The minimum absolute atomic E-state index is 0.225. The van der Waals surface area contributed by atoms with Gasteiger partial charge in [0.2, 0.25) is 16.1 Å². The number of aliphatic imine (C=N–C) groups is 1. The monoisotopic (exact) mass is 1330 g/mol. The summed E-state index contributed by atoms with van der Waals surface area (Å²) in [4.78, 5) is 36.3. The van der Waals surface area contributed by atoms with E-state index in [1.807, 2.05) is 4.72 Å². The Morgan fingerprint density at radius 2 is 0.906 bits per heavy atom. The maximum absolute atomic E-state index is 14.3. The number of aliphatic hydroxyl groups is 2. The quantitative estimate of drug-likeness (QED) is 0.0292. The lowest BCUT2D eigenvalue weighted by Gasteiger charge is -2.19. The van der Waals surface area contributed by atoms with Gasteiger partial charge in [0.15, 0.2) is 0 Å². The number of sulfonamides is 2. The Balaban J connectivity index is 0.000000161. The molecule has 2 amide bonds. The lowest BCUT2D eigenvalue weighted by Crippen LogP contribution is -2.35. The van der Waals surface area contributed by atoms with Gasteiger partial charge in [-0.3, -0.25) is 0 Å². The van der Waals surface area contributed by atoms with Gasteiger partial charge in [0.25, 0.3) is 10.0 Å². The summed E-state index contributed by atoms with van der Waals surface area (Å²) in [5, 5.41) is 27.3. The number of anilines is 2. The summed E-state index contributed by atoms with van der Waals surface area (Å²) >= 11 is 30.2. The van der Waals surface area contributed by atoms with E-state index in [-0.39, 0.29) is 11.1 Å². The average Bonchev–Trinajstić information content (AvgIpc) is 2.27. The largest absolute Gasteiger partial charge is 0.515 e. The molecule has 0 unspecified atom stereocenters. The first-order chi connectivity index (χ1) is 39.5. The molecule has 6 aliphatic carbocycles.